The minimum Gasteiger partial charge on any atom is -0.356 e. The third-order valence-corrected chi connectivity index (χ3v) is 5.38. The Kier molecular flexibility index (Phi) is 5.48. The van der Waals surface area contributed by atoms with Gasteiger partial charge in [0, 0.05) is 17.3 Å². The van der Waals surface area contributed by atoms with E-state index in [2.05, 4.69) is 15.5 Å². The van der Waals surface area contributed by atoms with Gasteiger partial charge in [0.25, 0.3) is 0 Å². The summed E-state index contributed by atoms with van der Waals surface area (Å²) in [5.74, 6) is 0.592. The summed E-state index contributed by atoms with van der Waals surface area (Å²) in [6, 6.07) is 14.2. The van der Waals surface area contributed by atoms with E-state index in [0.29, 0.717) is 6.54 Å². The fraction of sp³-hybridized carbons (Fsp3) is 0.125. The molecule has 0 spiro atoms. The number of nitrogens with zero attached hydrogens (tertiary/aromatic N) is 2. The first-order chi connectivity index (χ1) is 11.2. The van der Waals surface area contributed by atoms with E-state index >= 15 is 0 Å². The van der Waals surface area contributed by atoms with Gasteiger partial charge in [0.15, 0.2) is 4.34 Å². The number of hydrogen-bond acceptors (Lipinski definition) is 5. The van der Waals surface area contributed by atoms with Gasteiger partial charge in [-0.2, -0.15) is 0 Å². The molecule has 0 saturated carbocycles. The van der Waals surface area contributed by atoms with Gasteiger partial charge in [-0.25, -0.2) is 4.39 Å². The van der Waals surface area contributed by atoms with Crippen LogP contribution in [0.15, 0.2) is 52.9 Å². The number of anilines is 1. The van der Waals surface area contributed by atoms with Crippen molar-refractivity contribution in [2.45, 2.75) is 16.6 Å². The highest BCUT2D eigenvalue weighted by atomic mass is 35.5. The summed E-state index contributed by atoms with van der Waals surface area (Å²) in [5.41, 5.74) is 2.19. The highest BCUT2D eigenvalue weighted by Crippen LogP contribution is 2.28. The van der Waals surface area contributed by atoms with Gasteiger partial charge in [-0.15, -0.1) is 10.2 Å². The maximum absolute atomic E-state index is 12.8. The van der Waals surface area contributed by atoms with Crippen LogP contribution < -0.4 is 5.32 Å². The van der Waals surface area contributed by atoms with E-state index in [4.69, 9.17) is 11.6 Å². The molecular weight excluding hydrogens is 353 g/mol. The van der Waals surface area contributed by atoms with E-state index in [1.807, 2.05) is 24.3 Å². The highest BCUT2D eigenvalue weighted by molar-refractivity contribution is 8.00. The number of halogens is 2. The second-order valence-electron chi connectivity index (χ2n) is 4.77. The molecule has 0 aliphatic rings. The molecule has 3 rings (SSSR count). The molecule has 0 unspecified atom stereocenters. The summed E-state index contributed by atoms with van der Waals surface area (Å²) in [7, 11) is 0. The van der Waals surface area contributed by atoms with Crippen molar-refractivity contribution in [2.24, 2.45) is 0 Å². The molecule has 118 valence electrons. The molecule has 7 heteroatoms. The minimum atomic E-state index is -0.231. The van der Waals surface area contributed by atoms with Crippen LogP contribution >= 0.6 is 34.7 Å². The molecule has 2 aromatic carbocycles. The van der Waals surface area contributed by atoms with E-state index in [1.54, 1.807) is 23.9 Å². The van der Waals surface area contributed by atoms with Crippen molar-refractivity contribution in [1.82, 2.24) is 10.2 Å². The van der Waals surface area contributed by atoms with E-state index in [1.165, 1.54) is 29.0 Å². The summed E-state index contributed by atoms with van der Waals surface area (Å²) in [4.78, 5) is 0. The number of thioether (sulfide) groups is 1. The molecule has 1 heterocycles. The molecule has 0 fully saturated rings. The van der Waals surface area contributed by atoms with Gasteiger partial charge in [-0.3, -0.25) is 0 Å². The number of nitrogens with one attached hydrogen (secondary N) is 1. The third kappa shape index (κ3) is 4.92. The first-order valence-corrected chi connectivity index (χ1v) is 9.06. The Morgan fingerprint density at radius 3 is 2.43 bits per heavy atom. The van der Waals surface area contributed by atoms with Gasteiger partial charge in [0.05, 0.1) is 0 Å². The molecule has 0 bridgehead atoms. The molecule has 1 aromatic heterocycles. The van der Waals surface area contributed by atoms with Gasteiger partial charge >= 0.3 is 0 Å². The Hall–Kier alpha value is -1.63. The predicted molar refractivity (Wildman–Crippen MR) is 94.6 cm³/mol. The fourth-order valence-electron chi connectivity index (χ4n) is 1.85. The first kappa shape index (κ1) is 16.2. The molecule has 0 saturated heterocycles. The second kappa shape index (κ2) is 7.77. The second-order valence-corrected chi connectivity index (χ2v) is 7.40. The zero-order valence-electron chi connectivity index (χ0n) is 12.0. The van der Waals surface area contributed by atoms with Gasteiger partial charge in [0.1, 0.15) is 5.82 Å². The third-order valence-electron chi connectivity index (χ3n) is 3.04. The number of rotatable bonds is 6. The number of hydrogen-bond donors (Lipinski definition) is 1. The largest absolute Gasteiger partial charge is 0.356 e. The van der Waals surface area contributed by atoms with E-state index in [9.17, 15) is 4.39 Å². The maximum atomic E-state index is 12.8. The number of benzene rings is 2. The van der Waals surface area contributed by atoms with Gasteiger partial charge in [-0.1, -0.05) is 59.0 Å². The monoisotopic (exact) mass is 365 g/mol. The Morgan fingerprint density at radius 2 is 1.70 bits per heavy atom. The fourth-order valence-corrected chi connectivity index (χ4v) is 3.67. The normalized spacial score (nSPS) is 10.7. The van der Waals surface area contributed by atoms with Crippen molar-refractivity contribution in [2.75, 3.05) is 5.32 Å². The maximum Gasteiger partial charge on any atom is 0.206 e. The lowest BCUT2D eigenvalue weighted by atomic mass is 10.2. The van der Waals surface area contributed by atoms with Crippen molar-refractivity contribution in [3.05, 3.63) is 70.5 Å². The Morgan fingerprint density at radius 1 is 1.00 bits per heavy atom. The van der Waals surface area contributed by atoms with Gasteiger partial charge < -0.3 is 5.32 Å². The summed E-state index contributed by atoms with van der Waals surface area (Å²) >= 11 is 9.01. The van der Waals surface area contributed by atoms with Gasteiger partial charge in [-0.05, 0) is 35.4 Å². The van der Waals surface area contributed by atoms with Crippen molar-refractivity contribution in [3.8, 4) is 0 Å². The molecule has 0 amide bonds. The van der Waals surface area contributed by atoms with Crippen molar-refractivity contribution < 1.29 is 4.39 Å². The van der Waals surface area contributed by atoms with Crippen molar-refractivity contribution >= 4 is 39.8 Å². The SMILES string of the molecule is Fc1ccc(CNc2nnc(SCc3ccc(Cl)cc3)s2)cc1. The van der Waals surface area contributed by atoms with Crippen molar-refractivity contribution in [3.63, 3.8) is 0 Å². The quantitative estimate of drug-likeness (QED) is 0.606. The Labute approximate surface area is 146 Å². The minimum absolute atomic E-state index is 0.231. The van der Waals surface area contributed by atoms with Crippen LogP contribution in [0.25, 0.3) is 0 Å². The van der Waals surface area contributed by atoms with Crippen LogP contribution in [0.1, 0.15) is 11.1 Å². The zero-order valence-corrected chi connectivity index (χ0v) is 14.4. The zero-order chi connectivity index (χ0) is 16.1. The summed E-state index contributed by atoms with van der Waals surface area (Å²) < 4.78 is 13.8. The van der Waals surface area contributed by atoms with Crippen molar-refractivity contribution in [1.29, 1.82) is 0 Å². The van der Waals surface area contributed by atoms with Crippen LogP contribution in [-0.4, -0.2) is 10.2 Å². The summed E-state index contributed by atoms with van der Waals surface area (Å²) in [6.07, 6.45) is 0. The number of aromatic nitrogens is 2. The summed E-state index contributed by atoms with van der Waals surface area (Å²) in [5, 5.41) is 13.0. The standard InChI is InChI=1S/C16H13ClFN3S2/c17-13-5-1-12(2-6-13)10-22-16-21-20-15(23-16)19-9-11-3-7-14(18)8-4-11/h1-8H,9-10H2,(H,19,20). The molecule has 3 nitrogen and oxygen atoms in total. The molecule has 23 heavy (non-hydrogen) atoms. The molecular formula is C16H13ClFN3S2. The molecule has 1 N–H and O–H groups in total. The molecule has 0 radical (unpaired) electrons. The molecule has 0 aliphatic heterocycles. The Bertz CT molecular complexity index is 696. The Balaban J connectivity index is 1.51. The molecule has 3 aromatic rings. The van der Waals surface area contributed by atoms with Crippen LogP contribution in [0.4, 0.5) is 9.52 Å². The highest BCUT2D eigenvalue weighted by Gasteiger charge is 2.05. The van der Waals surface area contributed by atoms with Gasteiger partial charge in [0.2, 0.25) is 5.13 Å². The van der Waals surface area contributed by atoms with E-state index < -0.39 is 0 Å². The van der Waals surface area contributed by atoms with Crippen LogP contribution in [-0.2, 0) is 12.3 Å². The average molecular weight is 366 g/mol. The van der Waals surface area contributed by atoms with Crippen LogP contribution in [0.2, 0.25) is 5.02 Å². The average Bonchev–Trinajstić information content (AvgIpc) is 3.02. The van der Waals surface area contributed by atoms with Crippen LogP contribution in [0, 0.1) is 5.82 Å². The lowest BCUT2D eigenvalue weighted by Gasteiger charge is -2.01. The topological polar surface area (TPSA) is 37.8 Å². The van der Waals surface area contributed by atoms with E-state index in [-0.39, 0.29) is 5.82 Å². The first-order valence-electron chi connectivity index (χ1n) is 6.88. The van der Waals surface area contributed by atoms with Crippen LogP contribution in [0.5, 0.6) is 0 Å². The predicted octanol–water partition coefficient (Wildman–Crippen LogP) is 5.24. The molecule has 0 aliphatic carbocycles. The lowest BCUT2D eigenvalue weighted by Crippen LogP contribution is -1.98. The lowest BCUT2D eigenvalue weighted by molar-refractivity contribution is 0.627. The molecule has 0 atom stereocenters. The van der Waals surface area contributed by atoms with Crippen LogP contribution in [0.3, 0.4) is 0 Å². The van der Waals surface area contributed by atoms with E-state index in [0.717, 1.165) is 25.8 Å². The summed E-state index contributed by atoms with van der Waals surface area (Å²) in [6.45, 7) is 0.594. The smallest absolute Gasteiger partial charge is 0.206 e.